The second kappa shape index (κ2) is 9.94. The Balaban J connectivity index is 1.80. The Hall–Kier alpha value is -1.31. The van der Waals surface area contributed by atoms with Gasteiger partial charge in [-0.1, -0.05) is 58.6 Å². The molecular weight excluding hydrogens is 344 g/mol. The maximum absolute atomic E-state index is 11.3. The third-order valence-electron chi connectivity index (χ3n) is 6.64. The summed E-state index contributed by atoms with van der Waals surface area (Å²) in [7, 11) is 0. The van der Waals surface area contributed by atoms with Crippen LogP contribution in [0.3, 0.4) is 0 Å². The highest BCUT2D eigenvalue weighted by atomic mass is 16.4. The zero-order valence-corrected chi connectivity index (χ0v) is 19.0. The molecule has 1 aromatic carbocycles. The van der Waals surface area contributed by atoms with E-state index in [0.717, 1.165) is 38.5 Å². The van der Waals surface area contributed by atoms with Gasteiger partial charge in [0.05, 0.1) is 5.41 Å². The van der Waals surface area contributed by atoms with Crippen LogP contribution < -0.4 is 0 Å². The number of aliphatic carboxylic acids is 1. The highest BCUT2D eigenvalue weighted by Crippen LogP contribution is 2.50. The maximum atomic E-state index is 11.3. The van der Waals surface area contributed by atoms with Gasteiger partial charge in [0.2, 0.25) is 0 Å². The number of aryl methyl sites for hydroxylation is 2. The molecule has 2 nitrogen and oxygen atoms in total. The van der Waals surface area contributed by atoms with Crippen molar-refractivity contribution in [3.8, 4) is 0 Å². The number of unbranched alkanes of at least 4 members (excludes halogenated alkanes) is 4. The molecule has 0 heterocycles. The normalized spacial score (nSPS) is 15.6. The quantitative estimate of drug-likeness (QED) is 0.379. The van der Waals surface area contributed by atoms with Crippen molar-refractivity contribution in [1.82, 2.24) is 0 Å². The zero-order chi connectivity index (χ0) is 20.8. The number of benzene rings is 1. The van der Waals surface area contributed by atoms with E-state index in [2.05, 4.69) is 46.8 Å². The number of carboxylic acids is 1. The Morgan fingerprint density at radius 1 is 0.893 bits per heavy atom. The molecule has 0 atom stereocenters. The summed E-state index contributed by atoms with van der Waals surface area (Å²) in [6.07, 6.45) is 13.6. The Bertz CT molecular complexity index is 647. The fourth-order valence-electron chi connectivity index (χ4n) is 4.42. The van der Waals surface area contributed by atoms with Gasteiger partial charge in [-0.3, -0.25) is 4.79 Å². The van der Waals surface area contributed by atoms with Gasteiger partial charge in [-0.15, -0.1) is 0 Å². The molecule has 0 spiro atoms. The van der Waals surface area contributed by atoms with E-state index in [1.165, 1.54) is 49.7 Å². The molecule has 1 N–H and O–H groups in total. The van der Waals surface area contributed by atoms with Gasteiger partial charge >= 0.3 is 5.97 Å². The first kappa shape index (κ1) is 23.0. The van der Waals surface area contributed by atoms with E-state index >= 15 is 0 Å². The van der Waals surface area contributed by atoms with Crippen molar-refractivity contribution < 1.29 is 9.90 Å². The molecule has 28 heavy (non-hydrogen) atoms. The first-order valence-corrected chi connectivity index (χ1v) is 11.5. The fraction of sp³-hybridized carbons (Fsp3) is 0.731. The third kappa shape index (κ3) is 6.94. The van der Waals surface area contributed by atoms with Crippen molar-refractivity contribution >= 4 is 5.97 Å². The average molecular weight is 387 g/mol. The monoisotopic (exact) mass is 386 g/mol. The van der Waals surface area contributed by atoms with Crippen LogP contribution in [-0.2, 0) is 17.6 Å². The summed E-state index contributed by atoms with van der Waals surface area (Å²) >= 11 is 0. The molecule has 1 saturated carbocycles. The minimum Gasteiger partial charge on any atom is -0.481 e. The van der Waals surface area contributed by atoms with E-state index in [4.69, 9.17) is 0 Å². The predicted octanol–water partition coefficient (Wildman–Crippen LogP) is 7.42. The van der Waals surface area contributed by atoms with E-state index in [0.29, 0.717) is 5.41 Å². The zero-order valence-electron chi connectivity index (χ0n) is 19.0. The lowest BCUT2D eigenvalue weighted by Crippen LogP contribution is -2.14. The lowest BCUT2D eigenvalue weighted by Gasteiger charge is -2.18. The van der Waals surface area contributed by atoms with Crippen molar-refractivity contribution in [2.45, 2.75) is 112 Å². The highest BCUT2D eigenvalue weighted by molar-refractivity contribution is 5.77. The molecule has 0 unspecified atom stereocenters. The Kier molecular flexibility index (Phi) is 8.16. The van der Waals surface area contributed by atoms with Crippen LogP contribution in [0.2, 0.25) is 0 Å². The van der Waals surface area contributed by atoms with Crippen LogP contribution in [-0.4, -0.2) is 11.1 Å². The minimum atomic E-state index is -0.573. The number of carboxylic acid groups (broad SMARTS) is 1. The molecule has 0 radical (unpaired) electrons. The Morgan fingerprint density at radius 2 is 1.39 bits per heavy atom. The van der Waals surface area contributed by atoms with Gasteiger partial charge in [-0.25, -0.2) is 0 Å². The second-order valence-corrected chi connectivity index (χ2v) is 10.4. The minimum absolute atomic E-state index is 0.350. The standard InChI is InChI=1S/C26H42O2/c1-20-14-15-21(2)23(22(20)12-8-6-10-16-25(3,4)5)13-9-7-11-17-26(18-19-26)24(27)28/h14-15H,6-13,16-19H2,1-5H3,(H,27,28). The fourth-order valence-corrected chi connectivity index (χ4v) is 4.42. The molecule has 1 aromatic rings. The van der Waals surface area contributed by atoms with Crippen LogP contribution in [0.4, 0.5) is 0 Å². The van der Waals surface area contributed by atoms with Gasteiger partial charge in [-0.05, 0) is 92.9 Å². The smallest absolute Gasteiger partial charge is 0.309 e. The van der Waals surface area contributed by atoms with Crippen LogP contribution in [0.1, 0.15) is 107 Å². The number of rotatable bonds is 12. The predicted molar refractivity (Wildman–Crippen MR) is 119 cm³/mol. The summed E-state index contributed by atoms with van der Waals surface area (Å²) in [5.74, 6) is -0.573. The largest absolute Gasteiger partial charge is 0.481 e. The van der Waals surface area contributed by atoms with Crippen molar-refractivity contribution in [3.05, 3.63) is 34.4 Å². The van der Waals surface area contributed by atoms with Gasteiger partial charge in [0.15, 0.2) is 0 Å². The third-order valence-corrected chi connectivity index (χ3v) is 6.64. The first-order chi connectivity index (χ1) is 13.1. The topological polar surface area (TPSA) is 37.3 Å². The van der Waals surface area contributed by atoms with Crippen LogP contribution >= 0.6 is 0 Å². The highest BCUT2D eigenvalue weighted by Gasteiger charge is 2.49. The van der Waals surface area contributed by atoms with E-state index < -0.39 is 5.97 Å². The molecular formula is C26H42O2. The molecule has 1 fully saturated rings. The lowest BCUT2D eigenvalue weighted by atomic mass is 9.87. The van der Waals surface area contributed by atoms with Gasteiger partial charge in [0, 0.05) is 0 Å². The second-order valence-electron chi connectivity index (χ2n) is 10.4. The van der Waals surface area contributed by atoms with Gasteiger partial charge in [0.25, 0.3) is 0 Å². The summed E-state index contributed by atoms with van der Waals surface area (Å²) in [6.45, 7) is 11.5. The van der Waals surface area contributed by atoms with E-state index in [-0.39, 0.29) is 5.41 Å². The number of hydrogen-bond acceptors (Lipinski definition) is 1. The molecule has 0 bridgehead atoms. The number of carbonyl (C=O) groups is 1. The summed E-state index contributed by atoms with van der Waals surface area (Å²) in [6, 6.07) is 4.56. The van der Waals surface area contributed by atoms with Crippen LogP contribution in [0.5, 0.6) is 0 Å². The van der Waals surface area contributed by atoms with E-state index in [1.54, 1.807) is 11.1 Å². The van der Waals surface area contributed by atoms with Gasteiger partial charge < -0.3 is 5.11 Å². The summed E-state index contributed by atoms with van der Waals surface area (Å²) in [5, 5.41) is 9.31. The van der Waals surface area contributed by atoms with E-state index in [1.807, 2.05) is 0 Å². The Labute approximate surface area is 173 Å². The molecule has 0 saturated heterocycles. The average Bonchev–Trinajstić information content (AvgIpc) is 3.39. The van der Waals surface area contributed by atoms with E-state index in [9.17, 15) is 9.90 Å². The molecule has 1 aliphatic rings. The number of hydrogen-bond donors (Lipinski definition) is 1. The van der Waals surface area contributed by atoms with Crippen molar-refractivity contribution in [3.63, 3.8) is 0 Å². The van der Waals surface area contributed by atoms with Crippen molar-refractivity contribution in [2.75, 3.05) is 0 Å². The molecule has 0 aliphatic heterocycles. The molecule has 0 amide bonds. The van der Waals surface area contributed by atoms with Crippen LogP contribution in [0.15, 0.2) is 12.1 Å². The maximum Gasteiger partial charge on any atom is 0.309 e. The van der Waals surface area contributed by atoms with Gasteiger partial charge in [0.1, 0.15) is 0 Å². The Morgan fingerprint density at radius 3 is 1.82 bits per heavy atom. The van der Waals surface area contributed by atoms with Crippen molar-refractivity contribution in [1.29, 1.82) is 0 Å². The summed E-state index contributed by atoms with van der Waals surface area (Å²) < 4.78 is 0. The van der Waals surface area contributed by atoms with Crippen molar-refractivity contribution in [2.24, 2.45) is 10.8 Å². The molecule has 0 aromatic heterocycles. The molecule has 2 rings (SSSR count). The first-order valence-electron chi connectivity index (χ1n) is 11.5. The lowest BCUT2D eigenvalue weighted by molar-refractivity contribution is -0.143. The summed E-state index contributed by atoms with van der Waals surface area (Å²) in [5.41, 5.74) is 6.12. The summed E-state index contributed by atoms with van der Waals surface area (Å²) in [4.78, 5) is 11.3. The molecule has 2 heteroatoms. The van der Waals surface area contributed by atoms with Gasteiger partial charge in [-0.2, -0.15) is 0 Å². The van der Waals surface area contributed by atoms with Crippen LogP contribution in [0, 0.1) is 24.7 Å². The van der Waals surface area contributed by atoms with Crippen LogP contribution in [0.25, 0.3) is 0 Å². The molecule has 158 valence electrons. The molecule has 1 aliphatic carbocycles. The SMILES string of the molecule is Cc1ccc(C)c(CCCCCC2(C(=O)O)CC2)c1CCCCCC(C)(C)C.